The average molecular weight is 321 g/mol. The quantitative estimate of drug-likeness (QED) is 0.316. The molecule has 4 heteroatoms. The second kappa shape index (κ2) is 11.5. The molecule has 0 aliphatic rings. The minimum Gasteiger partial charge on any atom is -0.264 e. The third-order valence-corrected chi connectivity index (χ3v) is 4.68. The van der Waals surface area contributed by atoms with Crippen molar-refractivity contribution < 1.29 is 12.6 Å². The van der Waals surface area contributed by atoms with Crippen LogP contribution in [0.25, 0.3) is 0 Å². The predicted octanol–water partition coefficient (Wildman–Crippen LogP) is 5.44. The molecule has 0 aromatic rings. The number of hydrogen-bond donors (Lipinski definition) is 0. The van der Waals surface area contributed by atoms with Crippen molar-refractivity contribution in [3.63, 3.8) is 0 Å². The largest absolute Gasteiger partial charge is 0.264 e. The van der Waals surface area contributed by atoms with Gasteiger partial charge in [-0.15, -0.1) is 0 Å². The van der Waals surface area contributed by atoms with Gasteiger partial charge in [0.15, 0.2) is 0 Å². The molecular formula is C17H36O3S. The Morgan fingerprint density at radius 3 is 1.48 bits per heavy atom. The van der Waals surface area contributed by atoms with Crippen LogP contribution in [0, 0.1) is 0 Å². The molecule has 0 N–H and O–H groups in total. The van der Waals surface area contributed by atoms with Crippen molar-refractivity contribution in [3.05, 3.63) is 0 Å². The van der Waals surface area contributed by atoms with Crippen LogP contribution < -0.4 is 0 Å². The van der Waals surface area contributed by atoms with E-state index in [9.17, 15) is 8.42 Å². The number of unbranched alkanes of at least 4 members (excludes halogenated alkanes) is 8. The molecule has 0 bridgehead atoms. The van der Waals surface area contributed by atoms with Crippen LogP contribution in [0.3, 0.4) is 0 Å². The van der Waals surface area contributed by atoms with Gasteiger partial charge < -0.3 is 0 Å². The van der Waals surface area contributed by atoms with E-state index >= 15 is 0 Å². The molecule has 0 rings (SSSR count). The summed E-state index contributed by atoms with van der Waals surface area (Å²) in [5.74, 6) is 0. The highest BCUT2D eigenvalue weighted by Crippen LogP contribution is 2.28. The van der Waals surface area contributed by atoms with Crippen LogP contribution >= 0.6 is 0 Å². The highest BCUT2D eigenvalue weighted by Gasteiger charge is 2.28. The minimum atomic E-state index is -3.38. The topological polar surface area (TPSA) is 43.4 Å². The molecule has 0 saturated carbocycles. The van der Waals surface area contributed by atoms with Gasteiger partial charge in [-0.2, -0.15) is 8.42 Å². The normalized spacial score (nSPS) is 12.8. The third-order valence-electron chi connectivity index (χ3n) is 3.97. The lowest BCUT2D eigenvalue weighted by Crippen LogP contribution is -2.31. The summed E-state index contributed by atoms with van der Waals surface area (Å²) in [5.41, 5.74) is -0.508. The molecule has 21 heavy (non-hydrogen) atoms. The molecule has 0 aromatic heterocycles. The zero-order valence-electron chi connectivity index (χ0n) is 14.6. The van der Waals surface area contributed by atoms with Crippen LogP contribution in [0.4, 0.5) is 0 Å². The highest BCUT2D eigenvalue weighted by atomic mass is 32.2. The highest BCUT2D eigenvalue weighted by molar-refractivity contribution is 7.86. The van der Waals surface area contributed by atoms with E-state index in [1.807, 2.05) is 6.92 Å². The second-order valence-corrected chi connectivity index (χ2v) is 8.14. The van der Waals surface area contributed by atoms with Crippen LogP contribution in [0.2, 0.25) is 0 Å². The summed E-state index contributed by atoms with van der Waals surface area (Å²) in [6.45, 7) is 6.37. The maximum absolute atomic E-state index is 11.5. The maximum atomic E-state index is 11.5. The SMILES string of the molecule is CCCCCCCC(C)(CCCCCCC)OS(C)(=O)=O. The summed E-state index contributed by atoms with van der Waals surface area (Å²) in [5, 5.41) is 0. The van der Waals surface area contributed by atoms with Crippen molar-refractivity contribution in [2.24, 2.45) is 0 Å². The Hall–Kier alpha value is -0.0900. The first kappa shape index (κ1) is 20.9. The zero-order chi connectivity index (χ0) is 16.2. The van der Waals surface area contributed by atoms with E-state index in [1.165, 1.54) is 57.6 Å². The van der Waals surface area contributed by atoms with Crippen molar-refractivity contribution in [2.45, 2.75) is 103 Å². The van der Waals surface area contributed by atoms with Gasteiger partial charge in [0, 0.05) is 0 Å². The van der Waals surface area contributed by atoms with E-state index in [4.69, 9.17) is 4.18 Å². The molecule has 0 aromatic carbocycles. The van der Waals surface area contributed by atoms with Crippen LogP contribution in [0.15, 0.2) is 0 Å². The maximum Gasteiger partial charge on any atom is 0.264 e. The number of hydrogen-bond acceptors (Lipinski definition) is 3. The van der Waals surface area contributed by atoms with Gasteiger partial charge in [0.2, 0.25) is 0 Å². The van der Waals surface area contributed by atoms with Gasteiger partial charge in [0.25, 0.3) is 10.1 Å². The van der Waals surface area contributed by atoms with E-state index in [-0.39, 0.29) is 0 Å². The van der Waals surface area contributed by atoms with Crippen molar-refractivity contribution in [2.75, 3.05) is 6.26 Å². The van der Waals surface area contributed by atoms with Gasteiger partial charge in [-0.3, -0.25) is 4.18 Å². The van der Waals surface area contributed by atoms with E-state index in [0.717, 1.165) is 25.7 Å². The molecule has 0 saturated heterocycles. The third kappa shape index (κ3) is 13.3. The van der Waals surface area contributed by atoms with E-state index < -0.39 is 15.7 Å². The summed E-state index contributed by atoms with van der Waals surface area (Å²) < 4.78 is 28.4. The lowest BCUT2D eigenvalue weighted by molar-refractivity contribution is 0.0725. The van der Waals surface area contributed by atoms with Crippen LogP contribution in [0.1, 0.15) is 97.8 Å². The first-order chi connectivity index (χ1) is 9.83. The molecule has 0 atom stereocenters. The average Bonchev–Trinajstić information content (AvgIpc) is 2.36. The summed E-state index contributed by atoms with van der Waals surface area (Å²) in [6, 6.07) is 0. The Labute approximate surface area is 133 Å². The Kier molecular flexibility index (Phi) is 11.4. The van der Waals surface area contributed by atoms with Gasteiger partial charge in [-0.25, -0.2) is 0 Å². The Balaban J connectivity index is 4.21. The minimum absolute atomic E-state index is 0.508. The molecule has 0 unspecified atom stereocenters. The fraction of sp³-hybridized carbons (Fsp3) is 1.00. The lowest BCUT2D eigenvalue weighted by atomic mass is 9.91. The van der Waals surface area contributed by atoms with Crippen LogP contribution in [-0.2, 0) is 14.3 Å². The smallest absolute Gasteiger partial charge is 0.264 e. The molecule has 0 aliphatic heterocycles. The lowest BCUT2D eigenvalue weighted by Gasteiger charge is -2.28. The monoisotopic (exact) mass is 320 g/mol. The molecule has 0 fully saturated rings. The molecule has 0 aliphatic carbocycles. The second-order valence-electron chi connectivity index (χ2n) is 6.57. The standard InChI is InChI=1S/C17H36O3S/c1-5-7-9-11-13-15-17(3,20-21(4,18)19)16-14-12-10-8-6-2/h5-16H2,1-4H3. The summed E-state index contributed by atoms with van der Waals surface area (Å²) in [7, 11) is -3.38. The van der Waals surface area contributed by atoms with Gasteiger partial charge >= 0.3 is 0 Å². The molecular weight excluding hydrogens is 284 g/mol. The van der Waals surface area contributed by atoms with Crippen molar-refractivity contribution in [3.8, 4) is 0 Å². The molecule has 0 amide bonds. The van der Waals surface area contributed by atoms with Crippen molar-refractivity contribution in [1.29, 1.82) is 0 Å². The molecule has 0 spiro atoms. The van der Waals surface area contributed by atoms with Crippen LogP contribution in [0.5, 0.6) is 0 Å². The van der Waals surface area contributed by atoms with Crippen molar-refractivity contribution in [1.82, 2.24) is 0 Å². The van der Waals surface area contributed by atoms with Crippen molar-refractivity contribution >= 4 is 10.1 Å². The Morgan fingerprint density at radius 1 is 0.762 bits per heavy atom. The molecule has 0 radical (unpaired) electrons. The van der Waals surface area contributed by atoms with E-state index in [2.05, 4.69) is 13.8 Å². The fourth-order valence-electron chi connectivity index (χ4n) is 2.78. The van der Waals surface area contributed by atoms with Crippen LogP contribution in [-0.4, -0.2) is 20.3 Å². The van der Waals surface area contributed by atoms with E-state index in [1.54, 1.807) is 0 Å². The predicted molar refractivity (Wildman–Crippen MR) is 91.1 cm³/mol. The van der Waals surface area contributed by atoms with Gasteiger partial charge in [-0.1, -0.05) is 78.1 Å². The zero-order valence-corrected chi connectivity index (χ0v) is 15.4. The van der Waals surface area contributed by atoms with Gasteiger partial charge in [0.05, 0.1) is 11.9 Å². The summed E-state index contributed by atoms with van der Waals surface area (Å²) in [4.78, 5) is 0. The molecule has 128 valence electrons. The van der Waals surface area contributed by atoms with Gasteiger partial charge in [-0.05, 0) is 19.8 Å². The fourth-order valence-corrected chi connectivity index (χ4v) is 3.68. The first-order valence-electron chi connectivity index (χ1n) is 8.73. The summed E-state index contributed by atoms with van der Waals surface area (Å²) in [6.07, 6.45) is 14.8. The Bertz CT molecular complexity index is 322. The Morgan fingerprint density at radius 2 is 1.14 bits per heavy atom. The molecule has 3 nitrogen and oxygen atoms in total. The molecule has 0 heterocycles. The summed E-state index contributed by atoms with van der Waals surface area (Å²) >= 11 is 0. The van der Waals surface area contributed by atoms with E-state index in [0.29, 0.717) is 0 Å². The first-order valence-corrected chi connectivity index (χ1v) is 10.6. The van der Waals surface area contributed by atoms with Gasteiger partial charge in [0.1, 0.15) is 0 Å². The number of rotatable bonds is 14.